The van der Waals surface area contributed by atoms with E-state index in [0.29, 0.717) is 0 Å². The van der Waals surface area contributed by atoms with E-state index in [1.54, 1.807) is 0 Å². The van der Waals surface area contributed by atoms with E-state index in [4.69, 9.17) is 19.4 Å². The number of rotatable bonds is 4. The predicted octanol–water partition coefficient (Wildman–Crippen LogP) is 11.9. The highest BCUT2D eigenvalue weighted by molar-refractivity contribution is 6.20. The molecule has 0 N–H and O–H groups in total. The lowest BCUT2D eigenvalue weighted by atomic mass is 9.97. The molecule has 0 radical (unpaired) electrons. The van der Waals surface area contributed by atoms with E-state index in [9.17, 15) is 0 Å². The van der Waals surface area contributed by atoms with E-state index >= 15 is 0 Å². The van der Waals surface area contributed by atoms with Crippen LogP contribution in [0.5, 0.6) is 0 Å². The van der Waals surface area contributed by atoms with Crippen molar-refractivity contribution in [2.75, 3.05) is 0 Å². The molecule has 0 aliphatic carbocycles. The van der Waals surface area contributed by atoms with Crippen LogP contribution < -0.4 is 0 Å². The molecule has 0 aliphatic rings. The van der Waals surface area contributed by atoms with Crippen LogP contribution in [0, 0.1) is 0 Å². The number of furan rings is 1. The molecule has 4 nitrogen and oxygen atoms in total. The summed E-state index contributed by atoms with van der Waals surface area (Å²) in [5.41, 5.74) is 10.8. The third-order valence-corrected chi connectivity index (χ3v) is 9.46. The Hall–Kier alpha value is -6.65. The molecule has 4 heteroatoms. The van der Waals surface area contributed by atoms with Crippen LogP contribution in [0.15, 0.2) is 168 Å². The van der Waals surface area contributed by atoms with Crippen molar-refractivity contribution in [1.29, 1.82) is 0 Å². The van der Waals surface area contributed by atoms with Crippen LogP contribution >= 0.6 is 0 Å². The fourth-order valence-corrected chi connectivity index (χ4v) is 7.01. The van der Waals surface area contributed by atoms with Gasteiger partial charge in [-0.3, -0.25) is 0 Å². The summed E-state index contributed by atoms with van der Waals surface area (Å²) in [6.07, 6.45) is 0. The standard InChI is InChI=1S/C45H27N3O/c1-2-10-32(11-3-1)45-47-38-16-8-6-14-35(38)42(48-45)30-22-18-28(19-23-30)29-20-24-31(25-21-29)43-41-36-15-7-9-17-40(36)49-44(41)37-26-33-12-4-5-13-34(33)27-39(37)46-43/h1-27H. The molecule has 0 atom stereocenters. The van der Waals surface area contributed by atoms with E-state index in [2.05, 4.69) is 121 Å². The molecule has 10 rings (SSSR count). The molecule has 0 spiro atoms. The molecule has 3 aromatic heterocycles. The summed E-state index contributed by atoms with van der Waals surface area (Å²) in [5, 5.41) is 6.51. The van der Waals surface area contributed by atoms with Crippen LogP contribution in [-0.2, 0) is 0 Å². The molecular formula is C45H27N3O. The number of para-hydroxylation sites is 2. The zero-order chi connectivity index (χ0) is 32.3. The minimum atomic E-state index is 0.726. The van der Waals surface area contributed by atoms with Crippen molar-refractivity contribution in [2.24, 2.45) is 0 Å². The number of pyridine rings is 1. The Morgan fingerprint density at radius 3 is 1.71 bits per heavy atom. The van der Waals surface area contributed by atoms with E-state index < -0.39 is 0 Å². The number of hydrogen-bond acceptors (Lipinski definition) is 4. The third-order valence-electron chi connectivity index (χ3n) is 9.46. The Balaban J connectivity index is 1.06. The Morgan fingerprint density at radius 1 is 0.367 bits per heavy atom. The van der Waals surface area contributed by atoms with Gasteiger partial charge in [-0.2, -0.15) is 0 Å². The van der Waals surface area contributed by atoms with Gasteiger partial charge in [0.2, 0.25) is 0 Å². The largest absolute Gasteiger partial charge is 0.455 e. The lowest BCUT2D eigenvalue weighted by molar-refractivity contribution is 0.672. The second-order valence-corrected chi connectivity index (χ2v) is 12.4. The Labute approximate surface area is 282 Å². The van der Waals surface area contributed by atoms with Crippen molar-refractivity contribution in [2.45, 2.75) is 0 Å². The lowest BCUT2D eigenvalue weighted by Crippen LogP contribution is -1.95. The summed E-state index contributed by atoms with van der Waals surface area (Å²) in [6.45, 7) is 0. The van der Waals surface area contributed by atoms with E-state index in [1.165, 1.54) is 5.39 Å². The van der Waals surface area contributed by atoms with Gasteiger partial charge in [0.1, 0.15) is 11.2 Å². The maximum Gasteiger partial charge on any atom is 0.160 e. The topological polar surface area (TPSA) is 51.8 Å². The lowest BCUT2D eigenvalue weighted by Gasteiger charge is -2.11. The Kier molecular flexibility index (Phi) is 6.15. The van der Waals surface area contributed by atoms with Gasteiger partial charge < -0.3 is 4.42 Å². The maximum atomic E-state index is 6.53. The predicted molar refractivity (Wildman–Crippen MR) is 201 cm³/mol. The highest BCUT2D eigenvalue weighted by Crippen LogP contribution is 2.41. The molecule has 0 bridgehead atoms. The first-order chi connectivity index (χ1) is 24.3. The van der Waals surface area contributed by atoms with Gasteiger partial charge in [0.15, 0.2) is 5.82 Å². The summed E-state index contributed by atoms with van der Waals surface area (Å²) in [6, 6.07) is 56.7. The van der Waals surface area contributed by atoms with Gasteiger partial charge in [0.25, 0.3) is 0 Å². The summed E-state index contributed by atoms with van der Waals surface area (Å²) in [7, 11) is 0. The highest BCUT2D eigenvalue weighted by atomic mass is 16.3. The molecule has 0 aliphatic heterocycles. The van der Waals surface area contributed by atoms with Crippen LogP contribution in [-0.4, -0.2) is 15.0 Å². The van der Waals surface area contributed by atoms with Crippen LogP contribution in [0.25, 0.3) is 99.5 Å². The molecule has 10 aromatic rings. The van der Waals surface area contributed by atoms with Gasteiger partial charge >= 0.3 is 0 Å². The molecule has 0 saturated heterocycles. The molecule has 7 aromatic carbocycles. The van der Waals surface area contributed by atoms with E-state index in [0.717, 1.165) is 94.2 Å². The monoisotopic (exact) mass is 625 g/mol. The molecule has 49 heavy (non-hydrogen) atoms. The zero-order valence-electron chi connectivity index (χ0n) is 26.3. The molecule has 0 saturated carbocycles. The SMILES string of the molecule is c1ccc(-c2nc(-c3ccc(-c4ccc(-c5nc6cc7ccccc7cc6c6oc7ccccc7c56)cc4)cc3)c3ccccc3n2)cc1. The van der Waals surface area contributed by atoms with Crippen molar-refractivity contribution >= 4 is 54.5 Å². The molecule has 0 unspecified atom stereocenters. The number of benzene rings is 7. The van der Waals surface area contributed by atoms with E-state index in [1.807, 2.05) is 42.5 Å². The van der Waals surface area contributed by atoms with Crippen LogP contribution in [0.4, 0.5) is 0 Å². The zero-order valence-corrected chi connectivity index (χ0v) is 26.3. The van der Waals surface area contributed by atoms with Crippen LogP contribution in [0.1, 0.15) is 0 Å². The molecule has 0 fully saturated rings. The minimum absolute atomic E-state index is 0.726. The van der Waals surface area contributed by atoms with Crippen LogP contribution in [0.3, 0.4) is 0 Å². The maximum absolute atomic E-state index is 6.53. The molecule has 228 valence electrons. The normalized spacial score (nSPS) is 11.7. The first-order valence-electron chi connectivity index (χ1n) is 16.4. The first kappa shape index (κ1) is 27.5. The number of hydrogen-bond donors (Lipinski definition) is 0. The number of aromatic nitrogens is 3. The van der Waals surface area contributed by atoms with Gasteiger partial charge in [-0.25, -0.2) is 15.0 Å². The fraction of sp³-hybridized carbons (Fsp3) is 0. The second-order valence-electron chi connectivity index (χ2n) is 12.4. The average Bonchev–Trinajstić information content (AvgIpc) is 3.57. The smallest absolute Gasteiger partial charge is 0.160 e. The Morgan fingerprint density at radius 2 is 0.959 bits per heavy atom. The fourth-order valence-electron chi connectivity index (χ4n) is 7.01. The van der Waals surface area contributed by atoms with Gasteiger partial charge in [-0.15, -0.1) is 0 Å². The molecule has 3 heterocycles. The molecule has 0 amide bonds. The number of nitrogens with zero attached hydrogens (tertiary/aromatic N) is 3. The molecular weight excluding hydrogens is 599 g/mol. The van der Waals surface area contributed by atoms with Crippen molar-refractivity contribution < 1.29 is 4.42 Å². The minimum Gasteiger partial charge on any atom is -0.455 e. The van der Waals surface area contributed by atoms with Crippen LogP contribution in [0.2, 0.25) is 0 Å². The van der Waals surface area contributed by atoms with Crippen molar-refractivity contribution in [3.63, 3.8) is 0 Å². The summed E-state index contributed by atoms with van der Waals surface area (Å²) in [5.74, 6) is 0.726. The van der Waals surface area contributed by atoms with Gasteiger partial charge in [0, 0.05) is 32.8 Å². The summed E-state index contributed by atoms with van der Waals surface area (Å²) < 4.78 is 6.53. The third kappa shape index (κ3) is 4.57. The van der Waals surface area contributed by atoms with Crippen molar-refractivity contribution in [3.8, 4) is 45.0 Å². The summed E-state index contributed by atoms with van der Waals surface area (Å²) >= 11 is 0. The number of fused-ring (bicyclic) bond motifs is 7. The summed E-state index contributed by atoms with van der Waals surface area (Å²) in [4.78, 5) is 15.2. The van der Waals surface area contributed by atoms with E-state index in [-0.39, 0.29) is 0 Å². The van der Waals surface area contributed by atoms with Crippen molar-refractivity contribution in [3.05, 3.63) is 164 Å². The second kappa shape index (κ2) is 11.0. The van der Waals surface area contributed by atoms with Gasteiger partial charge in [0.05, 0.1) is 27.8 Å². The average molecular weight is 626 g/mol. The quantitative estimate of drug-likeness (QED) is 0.183. The van der Waals surface area contributed by atoms with Gasteiger partial charge in [-0.05, 0) is 46.2 Å². The van der Waals surface area contributed by atoms with Gasteiger partial charge in [-0.1, -0.05) is 140 Å². The highest BCUT2D eigenvalue weighted by Gasteiger charge is 2.18. The Bertz CT molecular complexity index is 2860. The first-order valence-corrected chi connectivity index (χ1v) is 16.4. The van der Waals surface area contributed by atoms with Crippen molar-refractivity contribution in [1.82, 2.24) is 15.0 Å².